The van der Waals surface area contributed by atoms with E-state index in [-0.39, 0.29) is 16.8 Å². The minimum Gasteiger partial charge on any atom is -0.493 e. The van der Waals surface area contributed by atoms with Crippen molar-refractivity contribution in [1.29, 1.82) is 0 Å². The molecule has 1 heterocycles. The van der Waals surface area contributed by atoms with Gasteiger partial charge in [0.2, 0.25) is 0 Å². The number of ether oxygens (including phenoxy) is 3. The highest BCUT2D eigenvalue weighted by Crippen LogP contribution is 2.39. The Balaban J connectivity index is 1.56. The summed E-state index contributed by atoms with van der Waals surface area (Å²) < 4.78 is 16.7. The number of benzene rings is 3. The lowest BCUT2D eigenvalue weighted by molar-refractivity contribution is -0.148. The van der Waals surface area contributed by atoms with E-state index in [0.717, 1.165) is 17.3 Å². The molecule has 10 heteroatoms. The highest BCUT2D eigenvalue weighted by molar-refractivity contribution is 8.26. The van der Waals surface area contributed by atoms with Crippen molar-refractivity contribution < 1.29 is 23.8 Å². The summed E-state index contributed by atoms with van der Waals surface area (Å²) in [4.78, 5) is 27.6. The molecule has 1 aliphatic heterocycles. The van der Waals surface area contributed by atoms with Crippen LogP contribution in [0.4, 0.5) is 0 Å². The van der Waals surface area contributed by atoms with Gasteiger partial charge in [-0.05, 0) is 41.5 Å². The summed E-state index contributed by atoms with van der Waals surface area (Å²) in [6.07, 6.45) is 1.70. The maximum atomic E-state index is 13.4. The summed E-state index contributed by atoms with van der Waals surface area (Å²) in [6, 6.07) is 18.4. The van der Waals surface area contributed by atoms with Gasteiger partial charge in [0.25, 0.3) is 5.91 Å². The molecule has 1 atom stereocenters. The van der Waals surface area contributed by atoms with Gasteiger partial charge in [-0.3, -0.25) is 9.69 Å². The van der Waals surface area contributed by atoms with Crippen molar-refractivity contribution in [3.05, 3.63) is 98.4 Å². The van der Waals surface area contributed by atoms with E-state index in [1.54, 1.807) is 66.7 Å². The van der Waals surface area contributed by atoms with E-state index in [2.05, 4.69) is 0 Å². The Hall–Kier alpha value is -3.04. The fourth-order valence-corrected chi connectivity index (χ4v) is 5.45. The molecule has 1 saturated heterocycles. The molecule has 4 rings (SSSR count). The number of esters is 1. The maximum Gasteiger partial charge on any atom is 0.333 e. The zero-order chi connectivity index (χ0) is 26.5. The predicted octanol–water partition coefficient (Wildman–Crippen LogP) is 6.70. The van der Waals surface area contributed by atoms with E-state index >= 15 is 0 Å². The van der Waals surface area contributed by atoms with Gasteiger partial charge in [0.15, 0.2) is 17.5 Å². The number of carbonyl (C=O) groups is 2. The van der Waals surface area contributed by atoms with Crippen LogP contribution in [0.5, 0.6) is 11.5 Å². The molecule has 0 bridgehead atoms. The normalized spacial score (nSPS) is 15.1. The molecule has 6 nitrogen and oxygen atoms in total. The Kier molecular flexibility index (Phi) is 8.76. The average molecular weight is 575 g/mol. The number of amides is 1. The van der Waals surface area contributed by atoms with E-state index in [1.165, 1.54) is 19.1 Å². The van der Waals surface area contributed by atoms with Crippen LogP contribution >= 0.6 is 47.2 Å². The number of carbonyl (C=O) groups excluding carboxylic acids is 2. The molecule has 3 aromatic rings. The molecule has 190 valence electrons. The topological polar surface area (TPSA) is 65.1 Å². The lowest BCUT2D eigenvalue weighted by Crippen LogP contribution is -2.37. The molecule has 0 N–H and O–H groups in total. The summed E-state index contributed by atoms with van der Waals surface area (Å²) in [5.74, 6) is 0.0257. The number of methoxy groups -OCH3 is 2. The Morgan fingerprint density at radius 1 is 1.05 bits per heavy atom. The first-order chi connectivity index (χ1) is 17.8. The lowest BCUT2D eigenvalue weighted by atomic mass is 10.1. The molecule has 3 aromatic carbocycles. The van der Waals surface area contributed by atoms with Crippen LogP contribution in [0.1, 0.15) is 22.7 Å². The molecule has 0 spiro atoms. The van der Waals surface area contributed by atoms with Crippen LogP contribution in [0.15, 0.2) is 71.6 Å². The van der Waals surface area contributed by atoms with Crippen LogP contribution in [0.2, 0.25) is 10.0 Å². The van der Waals surface area contributed by atoms with E-state index in [1.807, 2.05) is 6.07 Å². The summed E-state index contributed by atoms with van der Waals surface area (Å²) in [6.45, 7) is 0.221. The van der Waals surface area contributed by atoms with Gasteiger partial charge in [-0.2, -0.15) is 0 Å². The second kappa shape index (κ2) is 12.0. The monoisotopic (exact) mass is 573 g/mol. The molecule has 0 radical (unpaired) electrons. The van der Waals surface area contributed by atoms with Crippen molar-refractivity contribution in [3.8, 4) is 11.5 Å². The van der Waals surface area contributed by atoms with E-state index in [9.17, 15) is 9.59 Å². The quantitative estimate of drug-likeness (QED) is 0.169. The largest absolute Gasteiger partial charge is 0.493 e. The highest BCUT2D eigenvalue weighted by atomic mass is 35.5. The lowest BCUT2D eigenvalue weighted by Gasteiger charge is -2.24. The van der Waals surface area contributed by atoms with E-state index < -0.39 is 12.0 Å². The third kappa shape index (κ3) is 6.10. The van der Waals surface area contributed by atoms with Crippen molar-refractivity contribution in [2.24, 2.45) is 0 Å². The molecule has 1 aliphatic rings. The number of hydrogen-bond donors (Lipinski definition) is 0. The Labute approximate surface area is 234 Å². The van der Waals surface area contributed by atoms with Crippen LogP contribution in [0, 0.1) is 0 Å². The summed E-state index contributed by atoms with van der Waals surface area (Å²) >= 11 is 18.8. The second-order valence-electron chi connectivity index (χ2n) is 7.82. The van der Waals surface area contributed by atoms with Crippen molar-refractivity contribution >= 4 is 69.5 Å². The Morgan fingerprint density at radius 3 is 2.49 bits per heavy atom. The first-order valence-electron chi connectivity index (χ1n) is 11.0. The van der Waals surface area contributed by atoms with Gasteiger partial charge in [0.1, 0.15) is 10.9 Å². The minimum absolute atomic E-state index is 0.221. The van der Waals surface area contributed by atoms with Crippen LogP contribution < -0.4 is 9.47 Å². The molecule has 0 aliphatic carbocycles. The Morgan fingerprint density at radius 2 is 1.81 bits per heavy atom. The van der Waals surface area contributed by atoms with Crippen molar-refractivity contribution in [3.63, 3.8) is 0 Å². The standard InChI is InChI=1S/C27H21Cl2NO5S2/c1-33-22-12-16(8-11-21(22)35-15-18-9-10-19(28)14-20(18)29)13-23-25(31)30(27(36)37-23)24(26(32)34-2)17-6-4-3-5-7-17/h3-14,24H,15H2,1-2H3/b23-13-. The van der Waals surface area contributed by atoms with Crippen molar-refractivity contribution in [1.82, 2.24) is 4.90 Å². The third-order valence-electron chi connectivity index (χ3n) is 5.51. The molecular formula is C27H21Cl2NO5S2. The smallest absolute Gasteiger partial charge is 0.333 e. The number of rotatable bonds is 8. The van der Waals surface area contributed by atoms with E-state index in [4.69, 9.17) is 49.6 Å². The highest BCUT2D eigenvalue weighted by Gasteiger charge is 2.41. The van der Waals surface area contributed by atoms with Crippen LogP contribution in [0.25, 0.3) is 6.08 Å². The van der Waals surface area contributed by atoms with Gasteiger partial charge in [-0.15, -0.1) is 0 Å². The molecule has 0 aromatic heterocycles. The van der Waals surface area contributed by atoms with Gasteiger partial charge in [-0.25, -0.2) is 4.79 Å². The number of thiocarbonyl (C=S) groups is 1. The summed E-state index contributed by atoms with van der Waals surface area (Å²) in [5.41, 5.74) is 2.08. The maximum absolute atomic E-state index is 13.4. The van der Waals surface area contributed by atoms with Crippen LogP contribution in [-0.4, -0.2) is 35.3 Å². The number of halogens is 2. The zero-order valence-corrected chi connectivity index (χ0v) is 22.9. The van der Waals surface area contributed by atoms with Crippen LogP contribution in [-0.2, 0) is 20.9 Å². The minimum atomic E-state index is -0.977. The third-order valence-corrected chi connectivity index (χ3v) is 7.42. The van der Waals surface area contributed by atoms with Gasteiger partial charge >= 0.3 is 5.97 Å². The summed E-state index contributed by atoms with van der Waals surface area (Å²) in [5, 5.41) is 1.05. The zero-order valence-electron chi connectivity index (χ0n) is 19.8. The van der Waals surface area contributed by atoms with Gasteiger partial charge < -0.3 is 14.2 Å². The van der Waals surface area contributed by atoms with Gasteiger partial charge in [-0.1, -0.05) is 89.6 Å². The molecule has 1 amide bonds. The molecule has 37 heavy (non-hydrogen) atoms. The molecule has 0 saturated carbocycles. The predicted molar refractivity (Wildman–Crippen MR) is 150 cm³/mol. The van der Waals surface area contributed by atoms with Gasteiger partial charge in [0.05, 0.1) is 19.1 Å². The number of nitrogens with zero attached hydrogens (tertiary/aromatic N) is 1. The van der Waals surface area contributed by atoms with Crippen molar-refractivity contribution in [2.45, 2.75) is 12.6 Å². The second-order valence-corrected chi connectivity index (χ2v) is 10.3. The van der Waals surface area contributed by atoms with E-state index in [0.29, 0.717) is 37.6 Å². The molecular weight excluding hydrogens is 553 g/mol. The first-order valence-corrected chi connectivity index (χ1v) is 12.9. The van der Waals surface area contributed by atoms with Crippen LogP contribution in [0.3, 0.4) is 0 Å². The average Bonchev–Trinajstić information content (AvgIpc) is 3.17. The van der Waals surface area contributed by atoms with Gasteiger partial charge in [0, 0.05) is 15.6 Å². The summed E-state index contributed by atoms with van der Waals surface area (Å²) in [7, 11) is 2.81. The van der Waals surface area contributed by atoms with Crippen molar-refractivity contribution in [2.75, 3.05) is 14.2 Å². The fraction of sp³-hybridized carbons (Fsp3) is 0.148. The SMILES string of the molecule is COC(=O)C(c1ccccc1)N1C(=O)/C(=C/c2ccc(OCc3ccc(Cl)cc3Cl)c(OC)c2)SC1=S. The Bertz CT molecular complexity index is 1380. The number of hydrogen-bond acceptors (Lipinski definition) is 7. The molecule has 1 fully saturated rings. The molecule has 1 unspecified atom stereocenters. The number of thioether (sulfide) groups is 1. The first kappa shape index (κ1) is 27.0. The fourth-order valence-electron chi connectivity index (χ4n) is 3.68.